The van der Waals surface area contributed by atoms with E-state index in [1.54, 1.807) is 11.9 Å². The van der Waals surface area contributed by atoms with Crippen LogP contribution in [0.4, 0.5) is 4.79 Å². The van der Waals surface area contributed by atoms with Gasteiger partial charge in [0.15, 0.2) is 0 Å². The maximum atomic E-state index is 11.4. The van der Waals surface area contributed by atoms with E-state index in [1.165, 1.54) is 0 Å². The highest BCUT2D eigenvalue weighted by Crippen LogP contribution is 2.08. The molecule has 1 aliphatic heterocycles. The fourth-order valence-corrected chi connectivity index (χ4v) is 1.67. The van der Waals surface area contributed by atoms with Crippen LogP contribution in [0.15, 0.2) is 0 Å². The summed E-state index contributed by atoms with van der Waals surface area (Å²) in [5.74, 6) is -0.744. The molecule has 1 fully saturated rings. The molecule has 0 saturated carbocycles. The van der Waals surface area contributed by atoms with E-state index in [1.807, 2.05) is 4.90 Å². The number of unbranched alkanes of at least 4 members (excludes halogenated alkanes) is 2. The zero-order valence-corrected chi connectivity index (χ0v) is 9.11. The van der Waals surface area contributed by atoms with Crippen LogP contribution in [0, 0.1) is 0 Å². The summed E-state index contributed by atoms with van der Waals surface area (Å²) < 4.78 is 0. The van der Waals surface area contributed by atoms with Crippen LogP contribution in [0.25, 0.3) is 0 Å². The summed E-state index contributed by atoms with van der Waals surface area (Å²) in [6.07, 6.45) is 2.70. The largest absolute Gasteiger partial charge is 0.481 e. The molecule has 1 heterocycles. The van der Waals surface area contributed by atoms with Gasteiger partial charge in [0.05, 0.1) is 0 Å². The zero-order valence-electron chi connectivity index (χ0n) is 9.11. The number of nitrogens with zero attached hydrogens (tertiary/aromatic N) is 2. The molecule has 0 aromatic heterocycles. The van der Waals surface area contributed by atoms with Gasteiger partial charge in [-0.15, -0.1) is 0 Å². The van der Waals surface area contributed by atoms with E-state index in [9.17, 15) is 9.59 Å². The van der Waals surface area contributed by atoms with Crippen molar-refractivity contribution in [3.63, 3.8) is 0 Å². The van der Waals surface area contributed by atoms with Gasteiger partial charge in [0.1, 0.15) is 0 Å². The zero-order chi connectivity index (χ0) is 11.3. The number of carboxylic acids is 1. The van der Waals surface area contributed by atoms with E-state index in [-0.39, 0.29) is 12.5 Å². The standard InChI is InChI=1S/C10H18N2O3/c1-11-7-8-12(10(11)15)6-4-2-3-5-9(13)14/h2-8H2,1H3,(H,13,14). The number of rotatable bonds is 6. The minimum absolute atomic E-state index is 0.0910. The SMILES string of the molecule is CN1CCN(CCCCCC(=O)O)C1=O. The molecule has 1 rings (SSSR count). The molecular formula is C10H18N2O3. The molecule has 0 spiro atoms. The molecule has 0 radical (unpaired) electrons. The fraction of sp³-hybridized carbons (Fsp3) is 0.800. The minimum atomic E-state index is -0.744. The van der Waals surface area contributed by atoms with Gasteiger partial charge in [-0.05, 0) is 12.8 Å². The molecular weight excluding hydrogens is 196 g/mol. The van der Waals surface area contributed by atoms with Crippen molar-refractivity contribution in [1.29, 1.82) is 0 Å². The lowest BCUT2D eigenvalue weighted by Gasteiger charge is -2.15. The van der Waals surface area contributed by atoms with E-state index in [0.717, 1.165) is 32.5 Å². The van der Waals surface area contributed by atoms with Crippen molar-refractivity contribution in [1.82, 2.24) is 9.80 Å². The second kappa shape index (κ2) is 5.58. The Morgan fingerprint density at radius 2 is 2.07 bits per heavy atom. The summed E-state index contributed by atoms with van der Waals surface area (Å²) in [5.41, 5.74) is 0. The topological polar surface area (TPSA) is 60.9 Å². The van der Waals surface area contributed by atoms with E-state index in [4.69, 9.17) is 5.11 Å². The van der Waals surface area contributed by atoms with Crippen LogP contribution in [-0.2, 0) is 4.79 Å². The Balaban J connectivity index is 2.06. The molecule has 1 aliphatic rings. The molecule has 0 unspecified atom stereocenters. The fourth-order valence-electron chi connectivity index (χ4n) is 1.67. The van der Waals surface area contributed by atoms with E-state index >= 15 is 0 Å². The maximum absolute atomic E-state index is 11.4. The number of carboxylic acid groups (broad SMARTS) is 1. The molecule has 5 nitrogen and oxygen atoms in total. The Morgan fingerprint density at radius 3 is 2.60 bits per heavy atom. The van der Waals surface area contributed by atoms with E-state index < -0.39 is 5.97 Å². The monoisotopic (exact) mass is 214 g/mol. The Morgan fingerprint density at radius 1 is 1.33 bits per heavy atom. The summed E-state index contributed by atoms with van der Waals surface area (Å²) >= 11 is 0. The number of carbonyl (C=O) groups excluding carboxylic acids is 1. The smallest absolute Gasteiger partial charge is 0.319 e. The van der Waals surface area contributed by atoms with Crippen LogP contribution in [0.1, 0.15) is 25.7 Å². The van der Waals surface area contributed by atoms with Gasteiger partial charge >= 0.3 is 12.0 Å². The van der Waals surface area contributed by atoms with Gasteiger partial charge in [-0.2, -0.15) is 0 Å². The van der Waals surface area contributed by atoms with Gasteiger partial charge in [-0.1, -0.05) is 6.42 Å². The lowest BCUT2D eigenvalue weighted by Crippen LogP contribution is -2.30. The van der Waals surface area contributed by atoms with Gasteiger partial charge < -0.3 is 14.9 Å². The first-order chi connectivity index (χ1) is 7.11. The number of carbonyl (C=O) groups is 2. The van der Waals surface area contributed by atoms with Crippen LogP contribution < -0.4 is 0 Å². The number of hydrogen-bond donors (Lipinski definition) is 1. The Kier molecular flexibility index (Phi) is 4.39. The van der Waals surface area contributed by atoms with Gasteiger partial charge in [-0.3, -0.25) is 4.79 Å². The highest BCUT2D eigenvalue weighted by atomic mass is 16.4. The summed E-state index contributed by atoms with van der Waals surface area (Å²) in [6.45, 7) is 2.35. The normalized spacial score (nSPS) is 16.2. The molecule has 0 aromatic carbocycles. The molecule has 0 aromatic rings. The second-order valence-electron chi connectivity index (χ2n) is 3.90. The van der Waals surface area contributed by atoms with Crippen LogP contribution in [0.5, 0.6) is 0 Å². The van der Waals surface area contributed by atoms with E-state index in [2.05, 4.69) is 0 Å². The number of amides is 2. The van der Waals surface area contributed by atoms with Crippen molar-refractivity contribution >= 4 is 12.0 Å². The molecule has 1 N–H and O–H groups in total. The Labute approximate surface area is 89.7 Å². The van der Waals surface area contributed by atoms with Crippen LogP contribution in [0.2, 0.25) is 0 Å². The van der Waals surface area contributed by atoms with Crippen molar-refractivity contribution in [2.75, 3.05) is 26.7 Å². The molecule has 5 heteroatoms. The van der Waals surface area contributed by atoms with Crippen LogP contribution >= 0.6 is 0 Å². The van der Waals surface area contributed by atoms with Crippen LogP contribution in [-0.4, -0.2) is 53.6 Å². The Bertz CT molecular complexity index is 243. The van der Waals surface area contributed by atoms with E-state index in [0.29, 0.717) is 6.42 Å². The number of hydrogen-bond acceptors (Lipinski definition) is 2. The summed E-state index contributed by atoms with van der Waals surface area (Å²) in [5, 5.41) is 8.43. The molecule has 0 atom stereocenters. The average Bonchev–Trinajstić information content (AvgIpc) is 2.48. The third-order valence-electron chi connectivity index (χ3n) is 2.62. The average molecular weight is 214 g/mol. The van der Waals surface area contributed by atoms with Crippen molar-refractivity contribution in [3.05, 3.63) is 0 Å². The van der Waals surface area contributed by atoms with Gasteiger partial charge in [0, 0.05) is 33.1 Å². The molecule has 2 amide bonds. The Hall–Kier alpha value is -1.26. The first kappa shape index (κ1) is 11.8. The first-order valence-electron chi connectivity index (χ1n) is 5.33. The third kappa shape index (κ3) is 3.77. The van der Waals surface area contributed by atoms with Gasteiger partial charge in [-0.25, -0.2) is 4.79 Å². The highest BCUT2D eigenvalue weighted by Gasteiger charge is 2.24. The molecule has 1 saturated heterocycles. The maximum Gasteiger partial charge on any atom is 0.319 e. The first-order valence-corrected chi connectivity index (χ1v) is 5.33. The number of likely N-dealkylation sites (N-methyl/N-ethyl adjacent to an activating group) is 1. The van der Waals surface area contributed by atoms with Crippen molar-refractivity contribution in [2.24, 2.45) is 0 Å². The number of aliphatic carboxylic acids is 1. The predicted octanol–water partition coefficient (Wildman–Crippen LogP) is 0.999. The van der Waals surface area contributed by atoms with Gasteiger partial charge in [0.2, 0.25) is 0 Å². The lowest BCUT2D eigenvalue weighted by atomic mass is 10.2. The molecule has 15 heavy (non-hydrogen) atoms. The quantitative estimate of drug-likeness (QED) is 0.671. The molecule has 86 valence electrons. The van der Waals surface area contributed by atoms with Crippen molar-refractivity contribution in [2.45, 2.75) is 25.7 Å². The van der Waals surface area contributed by atoms with Crippen molar-refractivity contribution < 1.29 is 14.7 Å². The third-order valence-corrected chi connectivity index (χ3v) is 2.62. The lowest BCUT2D eigenvalue weighted by molar-refractivity contribution is -0.137. The molecule has 0 aliphatic carbocycles. The predicted molar refractivity (Wildman–Crippen MR) is 55.7 cm³/mol. The minimum Gasteiger partial charge on any atom is -0.481 e. The van der Waals surface area contributed by atoms with Gasteiger partial charge in [0.25, 0.3) is 0 Å². The highest BCUT2D eigenvalue weighted by molar-refractivity contribution is 5.76. The van der Waals surface area contributed by atoms with Crippen molar-refractivity contribution in [3.8, 4) is 0 Å². The van der Waals surface area contributed by atoms with Crippen LogP contribution in [0.3, 0.4) is 0 Å². The summed E-state index contributed by atoms with van der Waals surface area (Å²) in [7, 11) is 1.80. The summed E-state index contributed by atoms with van der Waals surface area (Å²) in [4.78, 5) is 25.2. The number of urea groups is 1. The molecule has 0 bridgehead atoms. The summed E-state index contributed by atoms with van der Waals surface area (Å²) in [6, 6.07) is 0.0910. The second-order valence-corrected chi connectivity index (χ2v) is 3.90.